The van der Waals surface area contributed by atoms with Crippen molar-refractivity contribution in [2.45, 2.75) is 77.2 Å². The van der Waals surface area contributed by atoms with Crippen LogP contribution in [0.1, 0.15) is 71.9 Å². The molecule has 13 heteroatoms. The average Bonchev–Trinajstić information content (AvgIpc) is 2.93. The number of fused-ring (bicyclic) bond motifs is 1. The van der Waals surface area contributed by atoms with Gasteiger partial charge in [0.15, 0.2) is 11.6 Å². The molecule has 1 aliphatic heterocycles. The fourth-order valence-corrected chi connectivity index (χ4v) is 6.43. The number of benzene rings is 2. The molecular formula is C31H36FN5O6S. The lowest BCUT2D eigenvalue weighted by Gasteiger charge is -2.52. The van der Waals surface area contributed by atoms with Crippen LogP contribution in [0.25, 0.3) is 10.9 Å². The van der Waals surface area contributed by atoms with E-state index in [1.54, 1.807) is 15.5 Å². The van der Waals surface area contributed by atoms with Crippen LogP contribution in [0.3, 0.4) is 0 Å². The molecule has 0 atom stereocenters. The van der Waals surface area contributed by atoms with Crippen molar-refractivity contribution in [3.8, 4) is 17.6 Å². The van der Waals surface area contributed by atoms with Crippen molar-refractivity contribution in [2.75, 3.05) is 17.8 Å². The van der Waals surface area contributed by atoms with Gasteiger partial charge in [-0.15, -0.1) is 0 Å². The second-order valence-electron chi connectivity index (χ2n) is 12.9. The van der Waals surface area contributed by atoms with Crippen molar-refractivity contribution >= 4 is 32.7 Å². The predicted octanol–water partition coefficient (Wildman–Crippen LogP) is 5.70. The van der Waals surface area contributed by atoms with E-state index in [4.69, 9.17) is 9.47 Å². The van der Waals surface area contributed by atoms with Crippen molar-refractivity contribution in [1.82, 2.24) is 14.5 Å². The Morgan fingerprint density at radius 2 is 1.86 bits per heavy atom. The lowest BCUT2D eigenvalue weighted by Crippen LogP contribution is -2.51. The molecule has 1 spiro atoms. The number of nitrogens with one attached hydrogen (secondary N) is 1. The second kappa shape index (κ2) is 11.4. The average molecular weight is 626 g/mol. The van der Waals surface area contributed by atoms with Gasteiger partial charge in [0.1, 0.15) is 23.0 Å². The maximum atomic E-state index is 14.9. The molecule has 2 aliphatic rings. The molecule has 5 rings (SSSR count). The number of halogens is 1. The molecule has 2 fully saturated rings. The van der Waals surface area contributed by atoms with Crippen molar-refractivity contribution in [3.63, 3.8) is 0 Å². The summed E-state index contributed by atoms with van der Waals surface area (Å²) in [5.74, 6) is -1.23. The quantitative estimate of drug-likeness (QED) is 0.367. The van der Waals surface area contributed by atoms with Gasteiger partial charge in [-0.3, -0.25) is 14.1 Å². The smallest absolute Gasteiger partial charge is 0.410 e. The molecule has 0 radical (unpaired) electrons. The molecule has 11 nitrogen and oxygen atoms in total. The Labute approximate surface area is 255 Å². The molecule has 0 bridgehead atoms. The number of piperidine rings is 1. The summed E-state index contributed by atoms with van der Waals surface area (Å²) in [6.07, 6.45) is 4.46. The van der Waals surface area contributed by atoms with E-state index in [1.165, 1.54) is 32.3 Å². The Morgan fingerprint density at radius 3 is 2.48 bits per heavy atom. The lowest BCUT2D eigenvalue weighted by atomic mass is 9.60. The summed E-state index contributed by atoms with van der Waals surface area (Å²) in [6.45, 7) is 9.70. The van der Waals surface area contributed by atoms with Gasteiger partial charge in [0.25, 0.3) is 5.56 Å². The summed E-state index contributed by atoms with van der Waals surface area (Å²) < 4.78 is 54.8. The third kappa shape index (κ3) is 6.22. The number of nitrogens with zero attached hydrogens (tertiary/aromatic N) is 4. The first kappa shape index (κ1) is 31.3. The van der Waals surface area contributed by atoms with Crippen LogP contribution in [-0.4, -0.2) is 52.9 Å². The molecule has 2 heterocycles. The van der Waals surface area contributed by atoms with Crippen molar-refractivity contribution in [3.05, 3.63) is 58.4 Å². The van der Waals surface area contributed by atoms with Crippen LogP contribution in [0.15, 0.2) is 41.5 Å². The van der Waals surface area contributed by atoms with Crippen LogP contribution in [-0.2, 0) is 14.8 Å². The first-order chi connectivity index (χ1) is 20.6. The van der Waals surface area contributed by atoms with E-state index in [0.717, 1.165) is 37.8 Å². The SMILES string of the molecule is CC(C)S(=O)(=O)Nc1ccc(F)c(Oc2ccc3ncn(C4CC5(CCN(C(=O)OC(C)(C)C)CC5)C4)c(=O)c3c2)c1C#N. The van der Waals surface area contributed by atoms with Gasteiger partial charge in [0, 0.05) is 19.1 Å². The molecule has 44 heavy (non-hydrogen) atoms. The fraction of sp³-hybridized carbons (Fsp3) is 0.484. The van der Waals surface area contributed by atoms with Crippen LogP contribution < -0.4 is 15.0 Å². The summed E-state index contributed by atoms with van der Waals surface area (Å²) in [7, 11) is -3.81. The maximum Gasteiger partial charge on any atom is 0.410 e. The minimum atomic E-state index is -3.81. The molecular weight excluding hydrogens is 589 g/mol. The summed E-state index contributed by atoms with van der Waals surface area (Å²) in [5.41, 5.74) is -0.777. The van der Waals surface area contributed by atoms with Crippen molar-refractivity contribution < 1.29 is 27.1 Å². The summed E-state index contributed by atoms with van der Waals surface area (Å²) in [4.78, 5) is 32.2. The van der Waals surface area contributed by atoms with E-state index < -0.39 is 32.4 Å². The topological polar surface area (TPSA) is 144 Å². The highest BCUT2D eigenvalue weighted by atomic mass is 32.2. The van der Waals surface area contributed by atoms with Crippen LogP contribution in [0, 0.1) is 22.6 Å². The van der Waals surface area contributed by atoms with E-state index in [2.05, 4.69) is 9.71 Å². The van der Waals surface area contributed by atoms with Gasteiger partial charge in [-0.2, -0.15) is 5.26 Å². The predicted molar refractivity (Wildman–Crippen MR) is 163 cm³/mol. The number of rotatable bonds is 6. The zero-order valence-corrected chi connectivity index (χ0v) is 26.2. The first-order valence-electron chi connectivity index (χ1n) is 14.5. The van der Waals surface area contributed by atoms with E-state index in [-0.39, 0.29) is 45.5 Å². The van der Waals surface area contributed by atoms with Gasteiger partial charge in [-0.1, -0.05) is 0 Å². The van der Waals surface area contributed by atoms with Crippen LogP contribution in [0.5, 0.6) is 11.5 Å². The maximum absolute atomic E-state index is 14.9. The molecule has 1 aliphatic carbocycles. The molecule has 1 saturated heterocycles. The number of carbonyl (C=O) groups excluding carboxylic acids is 1. The normalized spacial score (nSPS) is 16.9. The van der Waals surface area contributed by atoms with Crippen molar-refractivity contribution in [2.24, 2.45) is 5.41 Å². The van der Waals surface area contributed by atoms with E-state index in [1.807, 2.05) is 26.8 Å². The second-order valence-corrected chi connectivity index (χ2v) is 15.1. The first-order valence-corrected chi connectivity index (χ1v) is 16.1. The number of likely N-dealkylation sites (tertiary alicyclic amines) is 1. The van der Waals surface area contributed by atoms with Gasteiger partial charge in [-0.05, 0) is 96.0 Å². The molecule has 0 unspecified atom stereocenters. The Balaban J connectivity index is 1.34. The third-order valence-corrected chi connectivity index (χ3v) is 10.0. The molecule has 234 valence electrons. The number of ether oxygens (including phenoxy) is 2. The monoisotopic (exact) mass is 625 g/mol. The fourth-order valence-electron chi connectivity index (χ4n) is 5.72. The van der Waals surface area contributed by atoms with Gasteiger partial charge >= 0.3 is 6.09 Å². The van der Waals surface area contributed by atoms with E-state index >= 15 is 0 Å². The number of amides is 1. The van der Waals surface area contributed by atoms with Crippen LogP contribution in [0.2, 0.25) is 0 Å². The molecule has 1 N–H and O–H groups in total. The number of carbonyl (C=O) groups is 1. The minimum Gasteiger partial charge on any atom is -0.453 e. The number of anilines is 1. The molecule has 2 aromatic carbocycles. The highest BCUT2D eigenvalue weighted by molar-refractivity contribution is 7.93. The van der Waals surface area contributed by atoms with E-state index in [0.29, 0.717) is 18.6 Å². The van der Waals surface area contributed by atoms with Gasteiger partial charge < -0.3 is 14.4 Å². The lowest BCUT2D eigenvalue weighted by molar-refractivity contribution is -0.0241. The van der Waals surface area contributed by atoms with Gasteiger partial charge in [0.05, 0.1) is 28.2 Å². The molecule has 3 aromatic rings. The molecule has 1 saturated carbocycles. The third-order valence-electron chi connectivity index (χ3n) is 8.27. The minimum absolute atomic E-state index is 0.0506. The van der Waals surface area contributed by atoms with Crippen LogP contribution in [0.4, 0.5) is 14.9 Å². The molecule has 1 amide bonds. The number of hydrogen-bond donors (Lipinski definition) is 1. The number of hydrogen-bond acceptors (Lipinski definition) is 8. The summed E-state index contributed by atoms with van der Waals surface area (Å²) >= 11 is 0. The summed E-state index contributed by atoms with van der Waals surface area (Å²) in [6, 6.07) is 8.46. The molecule has 1 aromatic heterocycles. The Hall–Kier alpha value is -4.18. The van der Waals surface area contributed by atoms with Gasteiger partial charge in [0.2, 0.25) is 10.0 Å². The largest absolute Gasteiger partial charge is 0.453 e. The van der Waals surface area contributed by atoms with Crippen LogP contribution >= 0.6 is 0 Å². The number of sulfonamides is 1. The Kier molecular flexibility index (Phi) is 8.09. The zero-order valence-electron chi connectivity index (χ0n) is 25.4. The summed E-state index contributed by atoms with van der Waals surface area (Å²) in [5, 5.41) is 9.24. The van der Waals surface area contributed by atoms with E-state index in [9.17, 15) is 27.7 Å². The highest BCUT2D eigenvalue weighted by Crippen LogP contribution is 2.54. The Morgan fingerprint density at radius 1 is 1.18 bits per heavy atom. The van der Waals surface area contributed by atoms with Crippen molar-refractivity contribution in [1.29, 1.82) is 5.26 Å². The van der Waals surface area contributed by atoms with Gasteiger partial charge in [-0.25, -0.2) is 22.6 Å². The number of nitriles is 1. The zero-order chi connectivity index (χ0) is 32.0. The Bertz CT molecular complexity index is 1810. The standard InChI is InChI=1S/C31H36FN5O6S/c1-19(2)44(40,41)35-26-9-7-24(32)27(23(26)17-33)42-21-6-8-25-22(14-21)28(38)37(18-34-25)20-15-31(16-20)10-12-36(13-11-31)29(39)43-30(3,4)5/h6-9,14,18-20,35H,10-13,15-16H2,1-5H3. The highest BCUT2D eigenvalue weighted by Gasteiger charge is 2.47. The number of aromatic nitrogens is 2.